The second kappa shape index (κ2) is 6.33. The minimum absolute atomic E-state index is 0.0385. The Morgan fingerprint density at radius 1 is 0.857 bits per heavy atom. The highest BCUT2D eigenvalue weighted by Gasteiger charge is 2.24. The van der Waals surface area contributed by atoms with E-state index in [1.165, 1.54) is 18.2 Å². The van der Waals surface area contributed by atoms with E-state index in [2.05, 4.69) is 10.2 Å². The number of piperazine rings is 1. The molecule has 1 heterocycles. The molecular weight excluding hydrogens is 270 g/mol. The van der Waals surface area contributed by atoms with Gasteiger partial charge in [-0.15, -0.1) is 0 Å². The quantitative estimate of drug-likeness (QED) is 0.934. The molecule has 0 amide bonds. The Labute approximate surface area is 123 Å². The van der Waals surface area contributed by atoms with Gasteiger partial charge in [0.05, 0.1) is 6.04 Å². The van der Waals surface area contributed by atoms with E-state index in [9.17, 15) is 8.78 Å². The average molecular weight is 288 g/mol. The monoisotopic (exact) mass is 288 g/mol. The predicted molar refractivity (Wildman–Crippen MR) is 79.1 cm³/mol. The maximum absolute atomic E-state index is 13.6. The van der Waals surface area contributed by atoms with Gasteiger partial charge in [0.1, 0.15) is 11.6 Å². The molecule has 2 nitrogen and oxygen atoms in total. The van der Waals surface area contributed by atoms with Gasteiger partial charge in [0.15, 0.2) is 0 Å². The highest BCUT2D eigenvalue weighted by molar-refractivity contribution is 5.32. The Bertz CT molecular complexity index is 592. The third-order valence-corrected chi connectivity index (χ3v) is 3.87. The number of nitrogens with one attached hydrogen (secondary N) is 1. The first-order valence-corrected chi connectivity index (χ1v) is 7.20. The van der Waals surface area contributed by atoms with Crippen LogP contribution in [0.5, 0.6) is 0 Å². The summed E-state index contributed by atoms with van der Waals surface area (Å²) in [6.07, 6.45) is 0. The van der Waals surface area contributed by atoms with Crippen LogP contribution < -0.4 is 5.32 Å². The maximum Gasteiger partial charge on any atom is 0.123 e. The molecule has 0 aromatic heterocycles. The van der Waals surface area contributed by atoms with E-state index >= 15 is 0 Å². The molecule has 2 aromatic rings. The second-order valence-corrected chi connectivity index (χ2v) is 5.30. The van der Waals surface area contributed by atoms with Gasteiger partial charge in [0.2, 0.25) is 0 Å². The van der Waals surface area contributed by atoms with Crippen LogP contribution in [0.15, 0.2) is 48.5 Å². The van der Waals surface area contributed by atoms with Crippen molar-refractivity contribution in [3.05, 3.63) is 71.3 Å². The molecule has 0 aliphatic carbocycles. The SMILES string of the molecule is Fc1ccc(C(c2cccc(F)c2)N2CCNCC2)cc1. The van der Waals surface area contributed by atoms with Crippen LogP contribution in [0.4, 0.5) is 8.78 Å². The molecule has 1 aliphatic heterocycles. The zero-order valence-corrected chi connectivity index (χ0v) is 11.7. The van der Waals surface area contributed by atoms with Crippen LogP contribution in [0.1, 0.15) is 17.2 Å². The lowest BCUT2D eigenvalue weighted by atomic mass is 9.96. The summed E-state index contributed by atoms with van der Waals surface area (Å²) in [4.78, 5) is 2.30. The Kier molecular flexibility index (Phi) is 4.27. The highest BCUT2D eigenvalue weighted by atomic mass is 19.1. The minimum atomic E-state index is -0.253. The Morgan fingerprint density at radius 2 is 1.57 bits per heavy atom. The molecule has 1 N–H and O–H groups in total. The molecule has 110 valence electrons. The average Bonchev–Trinajstić information content (AvgIpc) is 2.51. The van der Waals surface area contributed by atoms with Crippen LogP contribution in [-0.2, 0) is 0 Å². The van der Waals surface area contributed by atoms with Crippen LogP contribution in [0, 0.1) is 11.6 Å². The summed E-state index contributed by atoms with van der Waals surface area (Å²) < 4.78 is 26.8. The maximum atomic E-state index is 13.6. The van der Waals surface area contributed by atoms with Crippen molar-refractivity contribution in [2.75, 3.05) is 26.2 Å². The molecule has 3 rings (SSSR count). The fourth-order valence-corrected chi connectivity index (χ4v) is 2.88. The predicted octanol–water partition coefficient (Wildman–Crippen LogP) is 2.96. The summed E-state index contributed by atoms with van der Waals surface area (Å²) in [7, 11) is 0. The lowest BCUT2D eigenvalue weighted by molar-refractivity contribution is 0.198. The van der Waals surface area contributed by atoms with Gasteiger partial charge in [0.25, 0.3) is 0 Å². The Balaban J connectivity index is 1.99. The van der Waals surface area contributed by atoms with Gasteiger partial charge < -0.3 is 5.32 Å². The largest absolute Gasteiger partial charge is 0.314 e. The first-order valence-electron chi connectivity index (χ1n) is 7.20. The zero-order valence-electron chi connectivity index (χ0n) is 11.7. The van der Waals surface area contributed by atoms with E-state index in [1.54, 1.807) is 24.3 Å². The van der Waals surface area contributed by atoms with Gasteiger partial charge in [-0.25, -0.2) is 8.78 Å². The number of rotatable bonds is 3. The van der Waals surface area contributed by atoms with E-state index in [4.69, 9.17) is 0 Å². The molecule has 0 bridgehead atoms. The number of nitrogens with zero attached hydrogens (tertiary/aromatic N) is 1. The molecular formula is C17H18F2N2. The van der Waals surface area contributed by atoms with Crippen LogP contribution in [0.2, 0.25) is 0 Å². The second-order valence-electron chi connectivity index (χ2n) is 5.30. The molecule has 1 atom stereocenters. The van der Waals surface area contributed by atoms with Crippen LogP contribution in [-0.4, -0.2) is 31.1 Å². The summed E-state index contributed by atoms with van der Waals surface area (Å²) >= 11 is 0. The molecule has 4 heteroatoms. The number of benzene rings is 2. The van der Waals surface area contributed by atoms with Crippen LogP contribution in [0.3, 0.4) is 0 Å². The number of hydrogen-bond acceptors (Lipinski definition) is 2. The molecule has 1 fully saturated rings. The van der Waals surface area contributed by atoms with E-state index in [0.29, 0.717) is 0 Å². The van der Waals surface area contributed by atoms with E-state index in [-0.39, 0.29) is 17.7 Å². The summed E-state index contributed by atoms with van der Waals surface area (Å²) in [5.74, 6) is -0.494. The zero-order chi connectivity index (χ0) is 14.7. The third-order valence-electron chi connectivity index (χ3n) is 3.87. The fraction of sp³-hybridized carbons (Fsp3) is 0.294. The van der Waals surface area contributed by atoms with Crippen LogP contribution in [0.25, 0.3) is 0 Å². The molecule has 1 aliphatic rings. The van der Waals surface area contributed by atoms with Gasteiger partial charge in [-0.1, -0.05) is 24.3 Å². The molecule has 2 aromatic carbocycles. The summed E-state index contributed by atoms with van der Waals surface area (Å²) in [6, 6.07) is 13.1. The fourth-order valence-electron chi connectivity index (χ4n) is 2.88. The number of hydrogen-bond donors (Lipinski definition) is 1. The van der Waals surface area contributed by atoms with Gasteiger partial charge in [-0.2, -0.15) is 0 Å². The van der Waals surface area contributed by atoms with Crippen LogP contribution >= 0.6 is 0 Å². The first kappa shape index (κ1) is 14.2. The minimum Gasteiger partial charge on any atom is -0.314 e. The standard InChI is InChI=1S/C17H18F2N2/c18-15-6-4-13(5-7-15)17(21-10-8-20-9-11-21)14-2-1-3-16(19)12-14/h1-7,12,17,20H,8-11H2. The normalized spacial score (nSPS) is 17.6. The van der Waals surface area contributed by atoms with Crippen molar-refractivity contribution in [1.29, 1.82) is 0 Å². The van der Waals surface area contributed by atoms with Crippen molar-refractivity contribution in [2.24, 2.45) is 0 Å². The molecule has 1 saturated heterocycles. The van der Waals surface area contributed by atoms with E-state index in [1.807, 2.05) is 6.07 Å². The van der Waals surface area contributed by atoms with Gasteiger partial charge >= 0.3 is 0 Å². The third kappa shape index (κ3) is 3.28. The van der Waals surface area contributed by atoms with Crippen molar-refractivity contribution < 1.29 is 8.78 Å². The van der Waals surface area contributed by atoms with Crippen molar-refractivity contribution >= 4 is 0 Å². The van der Waals surface area contributed by atoms with Gasteiger partial charge in [-0.3, -0.25) is 4.90 Å². The topological polar surface area (TPSA) is 15.3 Å². The van der Waals surface area contributed by atoms with Gasteiger partial charge in [-0.05, 0) is 35.4 Å². The number of halogens is 2. The Hall–Kier alpha value is -1.78. The van der Waals surface area contributed by atoms with Crippen molar-refractivity contribution in [1.82, 2.24) is 10.2 Å². The molecule has 0 radical (unpaired) electrons. The summed E-state index contributed by atoms with van der Waals surface area (Å²) in [5, 5.41) is 3.32. The molecule has 0 saturated carbocycles. The smallest absolute Gasteiger partial charge is 0.123 e. The molecule has 1 unspecified atom stereocenters. The van der Waals surface area contributed by atoms with Crippen molar-refractivity contribution in [2.45, 2.75) is 6.04 Å². The van der Waals surface area contributed by atoms with Crippen molar-refractivity contribution in [3.63, 3.8) is 0 Å². The lowest BCUT2D eigenvalue weighted by Crippen LogP contribution is -2.45. The molecule has 21 heavy (non-hydrogen) atoms. The molecule has 0 spiro atoms. The van der Waals surface area contributed by atoms with Crippen molar-refractivity contribution in [3.8, 4) is 0 Å². The van der Waals surface area contributed by atoms with E-state index < -0.39 is 0 Å². The van der Waals surface area contributed by atoms with Gasteiger partial charge in [0, 0.05) is 26.2 Å². The summed E-state index contributed by atoms with van der Waals surface area (Å²) in [6.45, 7) is 3.59. The highest BCUT2D eigenvalue weighted by Crippen LogP contribution is 2.29. The Morgan fingerprint density at radius 3 is 2.24 bits per heavy atom. The van der Waals surface area contributed by atoms with E-state index in [0.717, 1.165) is 37.3 Å². The lowest BCUT2D eigenvalue weighted by Gasteiger charge is -2.35. The first-order chi connectivity index (χ1) is 10.2. The summed E-state index contributed by atoms with van der Waals surface area (Å²) in [5.41, 5.74) is 1.90.